The van der Waals surface area contributed by atoms with Crippen LogP contribution in [-0.2, 0) is 5.60 Å². The fourth-order valence-corrected chi connectivity index (χ4v) is 4.31. The van der Waals surface area contributed by atoms with Crippen LogP contribution in [0.2, 0.25) is 0 Å². The monoisotopic (exact) mass is 486 g/mol. The van der Waals surface area contributed by atoms with Gasteiger partial charge in [0.05, 0.1) is 12.0 Å². The summed E-state index contributed by atoms with van der Waals surface area (Å²) in [6.45, 7) is 0.776. The molecular weight excluding hydrogens is 460 g/mol. The second kappa shape index (κ2) is 8.85. The minimum atomic E-state index is -1.67. The van der Waals surface area contributed by atoms with Gasteiger partial charge in [-0.2, -0.15) is 4.73 Å². The summed E-state index contributed by atoms with van der Waals surface area (Å²) in [7, 11) is 1.72. The van der Waals surface area contributed by atoms with Crippen LogP contribution in [0.1, 0.15) is 35.8 Å². The summed E-state index contributed by atoms with van der Waals surface area (Å²) in [6, 6.07) is 13.9. The van der Waals surface area contributed by atoms with Gasteiger partial charge in [0.2, 0.25) is 11.1 Å². The molecule has 3 heterocycles. The molecule has 1 fully saturated rings. The van der Waals surface area contributed by atoms with Crippen LogP contribution in [0.15, 0.2) is 71.9 Å². The number of pyridine rings is 3. The van der Waals surface area contributed by atoms with E-state index in [4.69, 9.17) is 0 Å². The molecule has 1 aliphatic rings. The Balaban J connectivity index is 1.63. The van der Waals surface area contributed by atoms with Gasteiger partial charge in [0.15, 0.2) is 11.8 Å². The van der Waals surface area contributed by atoms with E-state index >= 15 is 0 Å². The standard InChI is InChI=1S/C27H26N4O5/c1-27(35,16-32)23-11-8-18(14-31(23)36)17-5-3-6-20(13-17)30-15-22(26(34)29(2)19-9-10-19)24(33)21-7-4-12-28-25(21)30/h3-8,11-15,19,32,35H,9-10,16H2,1-2H3. The van der Waals surface area contributed by atoms with Crippen molar-refractivity contribution in [2.45, 2.75) is 31.4 Å². The molecule has 9 heteroatoms. The molecule has 0 saturated heterocycles. The SMILES string of the molecule is CN(C(=O)c1cn(-c2cccc(-c3ccc(C(C)(O)CO)[n+]([O-])c3)c2)c2ncccc2c1=O)C1CC1. The van der Waals surface area contributed by atoms with E-state index in [1.54, 1.807) is 40.9 Å². The maximum Gasteiger partial charge on any atom is 0.259 e. The number of aliphatic hydroxyl groups excluding tert-OH is 1. The van der Waals surface area contributed by atoms with Crippen LogP contribution in [0.3, 0.4) is 0 Å². The highest BCUT2D eigenvalue weighted by Crippen LogP contribution is 2.28. The van der Waals surface area contributed by atoms with E-state index in [-0.39, 0.29) is 28.6 Å². The number of fused-ring (bicyclic) bond motifs is 1. The molecule has 1 unspecified atom stereocenters. The van der Waals surface area contributed by atoms with Crippen LogP contribution in [0.25, 0.3) is 27.8 Å². The third-order valence-corrected chi connectivity index (χ3v) is 6.64. The molecule has 2 N–H and O–H groups in total. The predicted molar refractivity (Wildman–Crippen MR) is 134 cm³/mol. The third kappa shape index (κ3) is 4.12. The number of aromatic nitrogens is 3. The summed E-state index contributed by atoms with van der Waals surface area (Å²) >= 11 is 0. The van der Waals surface area contributed by atoms with Gasteiger partial charge >= 0.3 is 0 Å². The first-order valence-electron chi connectivity index (χ1n) is 11.7. The van der Waals surface area contributed by atoms with E-state index in [0.29, 0.717) is 32.6 Å². The lowest BCUT2D eigenvalue weighted by Crippen LogP contribution is -2.42. The average Bonchev–Trinajstić information content (AvgIpc) is 3.74. The Morgan fingerprint density at radius 3 is 2.69 bits per heavy atom. The molecule has 1 atom stereocenters. The van der Waals surface area contributed by atoms with Crippen molar-refractivity contribution in [2.75, 3.05) is 13.7 Å². The van der Waals surface area contributed by atoms with E-state index in [1.165, 1.54) is 25.4 Å². The number of carbonyl (C=O) groups excluding carboxylic acids is 1. The Bertz CT molecular complexity index is 1540. The molecule has 0 bridgehead atoms. The zero-order chi connectivity index (χ0) is 25.6. The van der Waals surface area contributed by atoms with Gasteiger partial charge in [0, 0.05) is 42.8 Å². The topological polar surface area (TPSA) is 123 Å². The van der Waals surface area contributed by atoms with Crippen LogP contribution in [0, 0.1) is 5.21 Å². The van der Waals surface area contributed by atoms with Crippen molar-refractivity contribution >= 4 is 16.9 Å². The van der Waals surface area contributed by atoms with E-state index < -0.39 is 12.2 Å². The zero-order valence-corrected chi connectivity index (χ0v) is 20.0. The van der Waals surface area contributed by atoms with Crippen LogP contribution in [0.4, 0.5) is 0 Å². The van der Waals surface area contributed by atoms with Crippen molar-refractivity contribution in [3.8, 4) is 16.8 Å². The number of hydrogen-bond donors (Lipinski definition) is 2. The summed E-state index contributed by atoms with van der Waals surface area (Å²) in [5, 5.41) is 32.6. The molecule has 1 amide bonds. The number of aliphatic hydroxyl groups is 2. The molecular formula is C27H26N4O5. The molecule has 184 valence electrons. The number of hydrogen-bond acceptors (Lipinski definition) is 6. The van der Waals surface area contributed by atoms with E-state index in [2.05, 4.69) is 4.98 Å². The number of rotatable bonds is 6. The summed E-state index contributed by atoms with van der Waals surface area (Å²) in [4.78, 5) is 32.4. The van der Waals surface area contributed by atoms with E-state index in [0.717, 1.165) is 12.8 Å². The summed E-state index contributed by atoms with van der Waals surface area (Å²) in [5.74, 6) is -0.322. The molecule has 1 aromatic carbocycles. The number of amides is 1. The van der Waals surface area contributed by atoms with Crippen molar-refractivity contribution in [3.05, 3.63) is 93.8 Å². The first kappa shape index (κ1) is 23.7. The van der Waals surface area contributed by atoms with Crippen LogP contribution >= 0.6 is 0 Å². The highest BCUT2D eigenvalue weighted by Gasteiger charge is 2.32. The molecule has 4 aromatic rings. The van der Waals surface area contributed by atoms with Gasteiger partial charge in [-0.3, -0.25) is 9.59 Å². The minimum Gasteiger partial charge on any atom is -0.618 e. The molecule has 9 nitrogen and oxygen atoms in total. The maximum absolute atomic E-state index is 13.2. The van der Waals surface area contributed by atoms with Gasteiger partial charge in [-0.15, -0.1) is 0 Å². The van der Waals surface area contributed by atoms with Crippen LogP contribution < -0.4 is 10.2 Å². The molecule has 1 aliphatic carbocycles. The van der Waals surface area contributed by atoms with Crippen molar-refractivity contribution in [2.24, 2.45) is 0 Å². The second-order valence-electron chi connectivity index (χ2n) is 9.37. The fourth-order valence-electron chi connectivity index (χ4n) is 4.31. The van der Waals surface area contributed by atoms with Gasteiger partial charge in [-0.25, -0.2) is 4.98 Å². The van der Waals surface area contributed by atoms with Crippen molar-refractivity contribution in [3.63, 3.8) is 0 Å². The normalized spacial score (nSPS) is 15.0. The Morgan fingerprint density at radius 1 is 1.22 bits per heavy atom. The zero-order valence-electron chi connectivity index (χ0n) is 20.0. The van der Waals surface area contributed by atoms with Crippen molar-refractivity contribution in [1.29, 1.82) is 0 Å². The smallest absolute Gasteiger partial charge is 0.259 e. The van der Waals surface area contributed by atoms with Crippen molar-refractivity contribution in [1.82, 2.24) is 14.5 Å². The molecule has 5 rings (SSSR count). The Morgan fingerprint density at radius 2 is 2.00 bits per heavy atom. The van der Waals surface area contributed by atoms with Gasteiger partial charge in [0.25, 0.3) is 5.91 Å². The van der Waals surface area contributed by atoms with E-state index in [9.17, 15) is 25.0 Å². The van der Waals surface area contributed by atoms with Gasteiger partial charge in [-0.05, 0) is 55.7 Å². The Labute approximate surface area is 207 Å². The van der Waals surface area contributed by atoms with Crippen molar-refractivity contribution < 1.29 is 19.7 Å². The molecule has 0 spiro atoms. The van der Waals surface area contributed by atoms with Crippen LogP contribution in [0.5, 0.6) is 0 Å². The van der Waals surface area contributed by atoms with Gasteiger partial charge in [-0.1, -0.05) is 12.1 Å². The summed E-state index contributed by atoms with van der Waals surface area (Å²) < 4.78 is 2.25. The summed E-state index contributed by atoms with van der Waals surface area (Å²) in [6.07, 6.45) is 6.32. The lowest BCUT2D eigenvalue weighted by atomic mass is 10.0. The first-order valence-corrected chi connectivity index (χ1v) is 11.7. The summed E-state index contributed by atoms with van der Waals surface area (Å²) in [5.41, 5.74) is 0.444. The molecule has 36 heavy (non-hydrogen) atoms. The largest absolute Gasteiger partial charge is 0.618 e. The third-order valence-electron chi connectivity index (χ3n) is 6.64. The lowest BCUT2D eigenvalue weighted by molar-refractivity contribution is -0.622. The minimum absolute atomic E-state index is 0.0310. The highest BCUT2D eigenvalue weighted by atomic mass is 16.5. The molecule has 3 aromatic heterocycles. The molecule has 0 aliphatic heterocycles. The van der Waals surface area contributed by atoms with E-state index in [1.807, 2.05) is 24.3 Å². The van der Waals surface area contributed by atoms with Gasteiger partial charge in [0.1, 0.15) is 11.2 Å². The number of carbonyl (C=O) groups is 1. The highest BCUT2D eigenvalue weighted by molar-refractivity contribution is 5.97. The second-order valence-corrected chi connectivity index (χ2v) is 9.37. The van der Waals surface area contributed by atoms with Gasteiger partial charge < -0.3 is 24.9 Å². The number of benzene rings is 1. The quantitative estimate of drug-likeness (QED) is 0.318. The molecule has 0 radical (unpaired) electrons. The molecule has 1 saturated carbocycles. The fraction of sp³-hybridized carbons (Fsp3) is 0.259. The lowest BCUT2D eigenvalue weighted by Gasteiger charge is -2.19. The maximum atomic E-state index is 13.2. The predicted octanol–water partition coefficient (Wildman–Crippen LogP) is 2.12. The number of nitrogens with zero attached hydrogens (tertiary/aromatic N) is 4. The average molecular weight is 487 g/mol. The first-order chi connectivity index (χ1) is 17.2. The van der Waals surface area contributed by atoms with Crippen LogP contribution in [-0.4, -0.2) is 50.3 Å². The Hall–Kier alpha value is -4.08. The Kier molecular flexibility index (Phi) is 5.82.